The molecule has 0 fully saturated rings. The van der Waals surface area contributed by atoms with Crippen LogP contribution in [-0.4, -0.2) is 36.5 Å². The topological polar surface area (TPSA) is 12.5 Å². The number of alkyl halides is 1. The number of halogens is 1. The number of benzene rings is 1. The molecule has 0 amide bonds. The van der Waals surface area contributed by atoms with Crippen LogP contribution in [0.15, 0.2) is 30.3 Å². The number of ether oxygens (including phenoxy) is 1. The van der Waals surface area contributed by atoms with Gasteiger partial charge in [0.25, 0.3) is 0 Å². The van der Waals surface area contributed by atoms with Gasteiger partial charge in [0.05, 0.1) is 6.61 Å². The van der Waals surface area contributed by atoms with Crippen LogP contribution in [-0.2, 0) is 0 Å². The third kappa shape index (κ3) is 5.52. The van der Waals surface area contributed by atoms with E-state index in [-0.39, 0.29) is 0 Å². The molecule has 0 atom stereocenters. The molecule has 0 aliphatic rings. The smallest absolute Gasteiger partial charge is 0.119 e. The average molecular weight is 286 g/mol. The van der Waals surface area contributed by atoms with E-state index < -0.39 is 0 Å². The summed E-state index contributed by atoms with van der Waals surface area (Å²) in [6.45, 7) is 6.32. The molecule has 0 spiro atoms. The Bertz CT molecular complexity index is 266. The quantitative estimate of drug-likeness (QED) is 0.537. The zero-order valence-corrected chi connectivity index (χ0v) is 11.4. The predicted molar refractivity (Wildman–Crippen MR) is 72.5 cm³/mol. The van der Waals surface area contributed by atoms with Crippen LogP contribution >= 0.6 is 15.9 Å². The molecule has 0 unspecified atom stereocenters. The SMILES string of the molecule is CCN(CCBr)CCCOc1ccccc1. The molecule has 0 N–H and O–H groups in total. The van der Waals surface area contributed by atoms with Crippen LogP contribution in [0.5, 0.6) is 5.75 Å². The standard InChI is InChI=1S/C13H20BrNO/c1-2-15(11-9-14)10-6-12-16-13-7-4-3-5-8-13/h3-5,7-8H,2,6,9-12H2,1H3. The number of rotatable bonds is 8. The summed E-state index contributed by atoms with van der Waals surface area (Å²) >= 11 is 3.46. The van der Waals surface area contributed by atoms with Gasteiger partial charge in [-0.05, 0) is 25.1 Å². The fourth-order valence-electron chi connectivity index (χ4n) is 1.54. The molecule has 0 saturated carbocycles. The highest BCUT2D eigenvalue weighted by atomic mass is 79.9. The van der Waals surface area contributed by atoms with Crippen LogP contribution in [0.25, 0.3) is 0 Å². The van der Waals surface area contributed by atoms with Gasteiger partial charge in [0.1, 0.15) is 5.75 Å². The molecule has 0 bridgehead atoms. The van der Waals surface area contributed by atoms with E-state index in [1.165, 1.54) is 0 Å². The van der Waals surface area contributed by atoms with Crippen LogP contribution < -0.4 is 4.74 Å². The number of nitrogens with zero attached hydrogens (tertiary/aromatic N) is 1. The summed E-state index contributed by atoms with van der Waals surface area (Å²) in [5, 5.41) is 1.04. The number of hydrogen-bond donors (Lipinski definition) is 0. The van der Waals surface area contributed by atoms with Gasteiger partial charge in [-0.15, -0.1) is 0 Å². The van der Waals surface area contributed by atoms with Crippen LogP contribution in [0.3, 0.4) is 0 Å². The minimum Gasteiger partial charge on any atom is -0.494 e. The van der Waals surface area contributed by atoms with Crippen molar-refractivity contribution < 1.29 is 4.74 Å². The Morgan fingerprint density at radius 3 is 2.56 bits per heavy atom. The molecule has 0 aliphatic heterocycles. The third-order valence-electron chi connectivity index (χ3n) is 2.48. The first-order chi connectivity index (χ1) is 7.86. The molecule has 16 heavy (non-hydrogen) atoms. The molecule has 0 aromatic heterocycles. The van der Waals surface area contributed by atoms with Crippen molar-refractivity contribution in [1.82, 2.24) is 4.90 Å². The normalized spacial score (nSPS) is 10.7. The minimum atomic E-state index is 0.794. The molecule has 2 nitrogen and oxygen atoms in total. The van der Waals surface area contributed by atoms with Gasteiger partial charge in [0.15, 0.2) is 0 Å². The lowest BCUT2D eigenvalue weighted by molar-refractivity contribution is 0.250. The molecule has 1 aromatic carbocycles. The predicted octanol–water partition coefficient (Wildman–Crippen LogP) is 3.17. The van der Waals surface area contributed by atoms with Crippen LogP contribution in [0.4, 0.5) is 0 Å². The van der Waals surface area contributed by atoms with Crippen molar-refractivity contribution in [2.75, 3.05) is 31.6 Å². The highest BCUT2D eigenvalue weighted by Gasteiger charge is 2.00. The monoisotopic (exact) mass is 285 g/mol. The van der Waals surface area contributed by atoms with Gasteiger partial charge < -0.3 is 9.64 Å². The first-order valence-electron chi connectivity index (χ1n) is 5.83. The van der Waals surface area contributed by atoms with Crippen LogP contribution in [0.1, 0.15) is 13.3 Å². The van der Waals surface area contributed by atoms with Crippen molar-refractivity contribution in [2.24, 2.45) is 0 Å². The Labute approximate surface area is 107 Å². The molecule has 1 rings (SSSR count). The molecule has 1 aromatic rings. The minimum absolute atomic E-state index is 0.794. The van der Waals surface area contributed by atoms with E-state index in [2.05, 4.69) is 27.8 Å². The Balaban J connectivity index is 2.11. The second kappa shape index (κ2) is 8.59. The Hall–Kier alpha value is -0.540. The highest BCUT2D eigenvalue weighted by Crippen LogP contribution is 2.08. The summed E-state index contributed by atoms with van der Waals surface area (Å²) in [6, 6.07) is 9.99. The van der Waals surface area contributed by atoms with Crippen molar-refractivity contribution in [1.29, 1.82) is 0 Å². The second-order valence-electron chi connectivity index (χ2n) is 3.64. The zero-order valence-electron chi connectivity index (χ0n) is 9.86. The maximum atomic E-state index is 5.64. The van der Waals surface area contributed by atoms with Crippen LogP contribution in [0.2, 0.25) is 0 Å². The summed E-state index contributed by atoms with van der Waals surface area (Å²) in [7, 11) is 0. The Morgan fingerprint density at radius 1 is 1.19 bits per heavy atom. The van der Waals surface area contributed by atoms with E-state index in [0.29, 0.717) is 0 Å². The molecule has 0 saturated heterocycles. The fourth-order valence-corrected chi connectivity index (χ4v) is 2.04. The largest absolute Gasteiger partial charge is 0.494 e. The third-order valence-corrected chi connectivity index (χ3v) is 2.83. The molecule has 90 valence electrons. The van der Waals surface area contributed by atoms with E-state index in [1.807, 2.05) is 30.3 Å². The van der Waals surface area contributed by atoms with Crippen molar-refractivity contribution in [3.63, 3.8) is 0 Å². The summed E-state index contributed by atoms with van der Waals surface area (Å²) in [5.41, 5.74) is 0. The summed E-state index contributed by atoms with van der Waals surface area (Å²) < 4.78 is 5.64. The highest BCUT2D eigenvalue weighted by molar-refractivity contribution is 9.09. The van der Waals surface area contributed by atoms with Gasteiger partial charge in [-0.3, -0.25) is 0 Å². The summed E-state index contributed by atoms with van der Waals surface area (Å²) in [5.74, 6) is 0.964. The first-order valence-corrected chi connectivity index (χ1v) is 6.95. The number of para-hydroxylation sites is 1. The molecular formula is C13H20BrNO. The Morgan fingerprint density at radius 2 is 1.94 bits per heavy atom. The molecule has 0 heterocycles. The van der Waals surface area contributed by atoms with E-state index in [1.54, 1.807) is 0 Å². The maximum Gasteiger partial charge on any atom is 0.119 e. The maximum absolute atomic E-state index is 5.64. The fraction of sp³-hybridized carbons (Fsp3) is 0.538. The number of hydrogen-bond acceptors (Lipinski definition) is 2. The van der Waals surface area contributed by atoms with Crippen molar-refractivity contribution in [3.8, 4) is 5.75 Å². The van der Waals surface area contributed by atoms with E-state index in [0.717, 1.165) is 43.7 Å². The Kier molecular flexibility index (Phi) is 7.26. The van der Waals surface area contributed by atoms with Crippen molar-refractivity contribution >= 4 is 15.9 Å². The zero-order chi connectivity index (χ0) is 11.6. The van der Waals surface area contributed by atoms with Crippen molar-refractivity contribution in [3.05, 3.63) is 30.3 Å². The van der Waals surface area contributed by atoms with Crippen LogP contribution in [0, 0.1) is 0 Å². The lowest BCUT2D eigenvalue weighted by Gasteiger charge is -2.18. The molecular weight excluding hydrogens is 266 g/mol. The van der Waals surface area contributed by atoms with Gasteiger partial charge in [0, 0.05) is 18.4 Å². The molecule has 0 radical (unpaired) electrons. The lowest BCUT2D eigenvalue weighted by atomic mass is 10.3. The van der Waals surface area contributed by atoms with E-state index in [9.17, 15) is 0 Å². The second-order valence-corrected chi connectivity index (χ2v) is 4.43. The van der Waals surface area contributed by atoms with Gasteiger partial charge in [-0.25, -0.2) is 0 Å². The van der Waals surface area contributed by atoms with Gasteiger partial charge in [-0.1, -0.05) is 41.1 Å². The van der Waals surface area contributed by atoms with E-state index >= 15 is 0 Å². The van der Waals surface area contributed by atoms with Gasteiger partial charge >= 0.3 is 0 Å². The lowest BCUT2D eigenvalue weighted by Crippen LogP contribution is -2.27. The summed E-state index contributed by atoms with van der Waals surface area (Å²) in [4.78, 5) is 2.42. The van der Waals surface area contributed by atoms with Crippen molar-refractivity contribution in [2.45, 2.75) is 13.3 Å². The first kappa shape index (κ1) is 13.5. The van der Waals surface area contributed by atoms with Gasteiger partial charge in [0.2, 0.25) is 0 Å². The van der Waals surface area contributed by atoms with E-state index in [4.69, 9.17) is 4.74 Å². The summed E-state index contributed by atoms with van der Waals surface area (Å²) in [6.07, 6.45) is 1.08. The van der Waals surface area contributed by atoms with Gasteiger partial charge in [-0.2, -0.15) is 0 Å². The molecule has 0 aliphatic carbocycles. The molecule has 3 heteroatoms. The average Bonchev–Trinajstić information content (AvgIpc) is 2.34.